The number of hydrogen-bond donors (Lipinski definition) is 2. The normalized spacial score (nSPS) is 24.2. The van der Waals surface area contributed by atoms with E-state index in [9.17, 15) is 0 Å². The molecule has 1 fully saturated rings. The van der Waals surface area contributed by atoms with Crippen LogP contribution in [0.3, 0.4) is 0 Å². The summed E-state index contributed by atoms with van der Waals surface area (Å²) in [5.41, 5.74) is 0. The Labute approximate surface area is 70.5 Å². The van der Waals surface area contributed by atoms with Crippen LogP contribution in [-0.4, -0.2) is 41.0 Å². The van der Waals surface area contributed by atoms with Gasteiger partial charge in [-0.05, 0) is 0 Å². The molecule has 1 aliphatic heterocycles. The van der Waals surface area contributed by atoms with Crippen LogP contribution in [0.1, 0.15) is 5.82 Å². The Balaban J connectivity index is 1.86. The summed E-state index contributed by atoms with van der Waals surface area (Å²) in [5.74, 6) is 0.915. The largest absolute Gasteiger partial charge is 0.379 e. The summed E-state index contributed by atoms with van der Waals surface area (Å²) in [6.45, 7) is 2.51. The van der Waals surface area contributed by atoms with Gasteiger partial charge in [0.25, 0.3) is 0 Å². The lowest BCUT2D eigenvalue weighted by molar-refractivity contribution is 0.0764. The number of aromatic amines is 1. The number of rotatable bonds is 2. The van der Waals surface area contributed by atoms with Crippen molar-refractivity contribution in [2.75, 3.05) is 19.8 Å². The summed E-state index contributed by atoms with van der Waals surface area (Å²) in [6.07, 6.45) is 2.39. The highest BCUT2D eigenvalue weighted by atomic mass is 16.5. The van der Waals surface area contributed by atoms with Crippen LogP contribution in [0.2, 0.25) is 0 Å². The quantitative estimate of drug-likeness (QED) is 0.615. The van der Waals surface area contributed by atoms with E-state index in [1.165, 1.54) is 6.33 Å². The van der Waals surface area contributed by atoms with Crippen LogP contribution < -0.4 is 5.32 Å². The zero-order valence-corrected chi connectivity index (χ0v) is 6.79. The predicted molar refractivity (Wildman–Crippen MR) is 42.7 cm³/mol. The number of nitrogens with zero attached hydrogens (tertiary/aromatic N) is 2. The third-order valence-electron chi connectivity index (χ3n) is 1.90. The lowest BCUT2D eigenvalue weighted by Gasteiger charge is -2.22. The molecule has 0 saturated carbocycles. The Hall–Kier alpha value is -0.940. The fourth-order valence-corrected chi connectivity index (χ4v) is 1.31. The van der Waals surface area contributed by atoms with Crippen molar-refractivity contribution >= 4 is 0 Å². The molecule has 0 aliphatic carbocycles. The topological polar surface area (TPSA) is 62.8 Å². The Morgan fingerprint density at radius 2 is 2.67 bits per heavy atom. The molecule has 2 heterocycles. The lowest BCUT2D eigenvalue weighted by atomic mass is 10.2. The van der Waals surface area contributed by atoms with Crippen LogP contribution in [0.25, 0.3) is 0 Å². The van der Waals surface area contributed by atoms with Crippen LogP contribution in [0.5, 0.6) is 0 Å². The van der Waals surface area contributed by atoms with E-state index in [0.717, 1.165) is 32.0 Å². The highest BCUT2D eigenvalue weighted by molar-refractivity contribution is 4.87. The number of H-pyrrole nitrogens is 1. The monoisotopic (exact) mass is 168 g/mol. The summed E-state index contributed by atoms with van der Waals surface area (Å²) in [4.78, 5) is 4.05. The second-order valence-electron chi connectivity index (χ2n) is 2.86. The number of aromatic nitrogens is 3. The van der Waals surface area contributed by atoms with Gasteiger partial charge in [0.05, 0.1) is 13.2 Å². The van der Waals surface area contributed by atoms with Crippen LogP contribution in [0.4, 0.5) is 0 Å². The van der Waals surface area contributed by atoms with Gasteiger partial charge in [-0.25, -0.2) is 4.98 Å². The first-order valence-electron chi connectivity index (χ1n) is 4.10. The van der Waals surface area contributed by atoms with Crippen molar-refractivity contribution in [3.8, 4) is 0 Å². The molecular formula is C7H12N4O. The fraction of sp³-hybridized carbons (Fsp3) is 0.714. The maximum absolute atomic E-state index is 5.31. The molecule has 5 heteroatoms. The van der Waals surface area contributed by atoms with Gasteiger partial charge in [-0.15, -0.1) is 0 Å². The SMILES string of the molecule is c1n[nH]c(CC2COCCN2)n1. The van der Waals surface area contributed by atoms with Crippen molar-refractivity contribution < 1.29 is 4.74 Å². The molecule has 2 rings (SSSR count). The van der Waals surface area contributed by atoms with E-state index in [-0.39, 0.29) is 0 Å². The fourth-order valence-electron chi connectivity index (χ4n) is 1.31. The van der Waals surface area contributed by atoms with Gasteiger partial charge in [0.2, 0.25) is 0 Å². The molecule has 5 nitrogen and oxygen atoms in total. The highest BCUT2D eigenvalue weighted by Crippen LogP contribution is 1.99. The minimum Gasteiger partial charge on any atom is -0.379 e. The average molecular weight is 168 g/mol. The lowest BCUT2D eigenvalue weighted by Crippen LogP contribution is -2.42. The second-order valence-corrected chi connectivity index (χ2v) is 2.86. The molecule has 0 amide bonds. The first-order chi connectivity index (χ1) is 5.95. The van der Waals surface area contributed by atoms with E-state index >= 15 is 0 Å². The van der Waals surface area contributed by atoms with Crippen LogP contribution in [0, 0.1) is 0 Å². The summed E-state index contributed by atoms with van der Waals surface area (Å²) in [7, 11) is 0. The van der Waals surface area contributed by atoms with Crippen molar-refractivity contribution in [1.82, 2.24) is 20.5 Å². The number of ether oxygens (including phenoxy) is 1. The molecule has 1 aromatic rings. The van der Waals surface area contributed by atoms with E-state index in [4.69, 9.17) is 4.74 Å². The van der Waals surface area contributed by atoms with Gasteiger partial charge in [-0.2, -0.15) is 5.10 Å². The van der Waals surface area contributed by atoms with Gasteiger partial charge >= 0.3 is 0 Å². The minimum atomic E-state index is 0.381. The molecule has 2 N–H and O–H groups in total. The molecule has 1 atom stereocenters. The molecule has 0 bridgehead atoms. The summed E-state index contributed by atoms with van der Waals surface area (Å²) >= 11 is 0. The van der Waals surface area contributed by atoms with E-state index in [1.807, 2.05) is 0 Å². The van der Waals surface area contributed by atoms with Crippen molar-refractivity contribution in [3.05, 3.63) is 12.2 Å². The summed E-state index contributed by atoms with van der Waals surface area (Å²) in [5, 5.41) is 9.96. The van der Waals surface area contributed by atoms with Crippen molar-refractivity contribution in [1.29, 1.82) is 0 Å². The molecule has 1 saturated heterocycles. The zero-order valence-electron chi connectivity index (χ0n) is 6.79. The highest BCUT2D eigenvalue weighted by Gasteiger charge is 2.14. The Bertz CT molecular complexity index is 217. The second kappa shape index (κ2) is 3.64. The predicted octanol–water partition coefficient (Wildman–Crippen LogP) is -0.664. The third kappa shape index (κ3) is 1.80. The Morgan fingerprint density at radius 3 is 3.33 bits per heavy atom. The van der Waals surface area contributed by atoms with Crippen molar-refractivity contribution in [2.24, 2.45) is 0 Å². The van der Waals surface area contributed by atoms with Gasteiger partial charge in [0, 0.05) is 19.0 Å². The Kier molecular flexibility index (Phi) is 2.33. The average Bonchev–Trinajstić information content (AvgIpc) is 2.59. The van der Waals surface area contributed by atoms with E-state index < -0.39 is 0 Å². The maximum Gasteiger partial charge on any atom is 0.137 e. The minimum absolute atomic E-state index is 0.381. The van der Waals surface area contributed by atoms with Gasteiger partial charge < -0.3 is 10.1 Å². The van der Waals surface area contributed by atoms with Crippen molar-refractivity contribution in [2.45, 2.75) is 12.5 Å². The standard InChI is InChI=1S/C7H12N4O/c1-2-12-4-6(8-1)3-7-9-5-10-11-7/h5-6,8H,1-4H2,(H,9,10,11). The Morgan fingerprint density at radius 1 is 1.67 bits per heavy atom. The first kappa shape index (κ1) is 7.70. The number of hydrogen-bond acceptors (Lipinski definition) is 4. The van der Waals surface area contributed by atoms with Gasteiger partial charge in [-0.3, -0.25) is 5.10 Å². The molecule has 1 aromatic heterocycles. The smallest absolute Gasteiger partial charge is 0.137 e. The van der Waals surface area contributed by atoms with Gasteiger partial charge in [0.1, 0.15) is 12.2 Å². The molecule has 1 aliphatic rings. The van der Waals surface area contributed by atoms with E-state index in [1.54, 1.807) is 0 Å². The zero-order chi connectivity index (χ0) is 8.23. The van der Waals surface area contributed by atoms with Crippen molar-refractivity contribution in [3.63, 3.8) is 0 Å². The van der Waals surface area contributed by atoms with Gasteiger partial charge in [-0.1, -0.05) is 0 Å². The van der Waals surface area contributed by atoms with Crippen LogP contribution in [-0.2, 0) is 11.2 Å². The molecule has 1 unspecified atom stereocenters. The maximum atomic E-state index is 5.31. The molecule has 12 heavy (non-hydrogen) atoms. The van der Waals surface area contributed by atoms with Crippen LogP contribution in [0.15, 0.2) is 6.33 Å². The summed E-state index contributed by atoms with van der Waals surface area (Å²) in [6, 6.07) is 0.381. The summed E-state index contributed by atoms with van der Waals surface area (Å²) < 4.78 is 5.31. The third-order valence-corrected chi connectivity index (χ3v) is 1.90. The van der Waals surface area contributed by atoms with Gasteiger partial charge in [0.15, 0.2) is 0 Å². The van der Waals surface area contributed by atoms with E-state index in [0.29, 0.717) is 6.04 Å². The molecular weight excluding hydrogens is 156 g/mol. The molecule has 0 spiro atoms. The molecule has 0 aromatic carbocycles. The van der Waals surface area contributed by atoms with E-state index in [2.05, 4.69) is 20.5 Å². The number of morpholine rings is 1. The molecule has 0 radical (unpaired) electrons. The number of nitrogens with one attached hydrogen (secondary N) is 2. The molecule has 66 valence electrons. The van der Waals surface area contributed by atoms with Crippen LogP contribution >= 0.6 is 0 Å². The first-order valence-corrected chi connectivity index (χ1v) is 4.10.